The fraction of sp³-hybridized carbons (Fsp3) is 0.579. The second-order valence-corrected chi connectivity index (χ2v) is 6.32. The molecule has 0 aliphatic heterocycles. The lowest BCUT2D eigenvalue weighted by Gasteiger charge is -2.12. The second kappa shape index (κ2) is 14.8. The Morgan fingerprint density at radius 1 is 1.15 bits per heavy atom. The van der Waals surface area contributed by atoms with E-state index in [1.165, 1.54) is 12.8 Å². The van der Waals surface area contributed by atoms with Crippen molar-refractivity contribution in [3.8, 4) is 0 Å². The predicted octanol–water partition coefficient (Wildman–Crippen LogP) is 3.05. The summed E-state index contributed by atoms with van der Waals surface area (Å²) in [5, 5.41) is 9.53. The first-order valence-corrected chi connectivity index (χ1v) is 9.10. The van der Waals surface area contributed by atoms with Crippen LogP contribution in [0.5, 0.6) is 0 Å². The van der Waals surface area contributed by atoms with Gasteiger partial charge in [0.25, 0.3) is 0 Å². The minimum Gasteiger partial charge on any atom is -0.357 e. The SMILES string of the molecule is CCCCCNC(=NCc1cccc(NC(=O)CN(C)C)c1)NCC.I. The van der Waals surface area contributed by atoms with Crippen molar-refractivity contribution >= 4 is 41.5 Å². The minimum absolute atomic E-state index is 0. The van der Waals surface area contributed by atoms with Crippen LogP contribution in [-0.4, -0.2) is 50.5 Å². The standard InChI is InChI=1S/C19H33N5O.HI/c1-5-7-8-12-21-19(20-6-2)22-14-16-10-9-11-17(13-16)23-18(25)15-24(3)4;/h9-11,13H,5-8,12,14-15H2,1-4H3,(H,23,25)(H2,20,21,22);1H. The molecule has 1 amide bonds. The largest absolute Gasteiger partial charge is 0.357 e. The van der Waals surface area contributed by atoms with Crippen molar-refractivity contribution in [2.45, 2.75) is 39.7 Å². The van der Waals surface area contributed by atoms with Crippen LogP contribution in [0.2, 0.25) is 0 Å². The Bertz CT molecular complexity index is 548. The van der Waals surface area contributed by atoms with Gasteiger partial charge in [0.05, 0.1) is 13.1 Å². The molecule has 0 bridgehead atoms. The summed E-state index contributed by atoms with van der Waals surface area (Å²) in [5.41, 5.74) is 1.87. The summed E-state index contributed by atoms with van der Waals surface area (Å²) in [6.45, 7) is 6.96. The van der Waals surface area contributed by atoms with Gasteiger partial charge in [-0.2, -0.15) is 0 Å². The van der Waals surface area contributed by atoms with Crippen LogP contribution in [0.4, 0.5) is 5.69 Å². The van der Waals surface area contributed by atoms with E-state index in [2.05, 4.69) is 34.8 Å². The molecule has 0 saturated heterocycles. The highest BCUT2D eigenvalue weighted by Crippen LogP contribution is 2.11. The first-order chi connectivity index (χ1) is 12.0. The number of amides is 1. The van der Waals surface area contributed by atoms with E-state index in [9.17, 15) is 4.79 Å². The van der Waals surface area contributed by atoms with Crippen molar-refractivity contribution < 1.29 is 4.79 Å². The molecule has 0 radical (unpaired) electrons. The van der Waals surface area contributed by atoms with Crippen LogP contribution in [-0.2, 0) is 11.3 Å². The van der Waals surface area contributed by atoms with E-state index in [-0.39, 0.29) is 29.9 Å². The van der Waals surface area contributed by atoms with Gasteiger partial charge in [-0.1, -0.05) is 31.9 Å². The Hall–Kier alpha value is -1.35. The molecule has 0 atom stereocenters. The average molecular weight is 475 g/mol. The molecular weight excluding hydrogens is 441 g/mol. The number of guanidine groups is 1. The fourth-order valence-corrected chi connectivity index (χ4v) is 2.33. The topological polar surface area (TPSA) is 68.8 Å². The Labute approximate surface area is 175 Å². The number of nitrogens with zero attached hydrogens (tertiary/aromatic N) is 2. The van der Waals surface area contributed by atoms with E-state index in [0.29, 0.717) is 13.1 Å². The molecule has 1 rings (SSSR count). The lowest BCUT2D eigenvalue weighted by molar-refractivity contribution is -0.116. The molecule has 1 aromatic carbocycles. The Morgan fingerprint density at radius 2 is 1.92 bits per heavy atom. The summed E-state index contributed by atoms with van der Waals surface area (Å²) in [7, 11) is 3.75. The summed E-state index contributed by atoms with van der Waals surface area (Å²) in [4.78, 5) is 18.3. The normalized spacial score (nSPS) is 11.0. The number of nitrogens with one attached hydrogen (secondary N) is 3. The number of carbonyl (C=O) groups excluding carboxylic acids is 1. The first-order valence-electron chi connectivity index (χ1n) is 9.10. The number of likely N-dealkylation sites (N-methyl/N-ethyl adjacent to an activating group) is 1. The van der Waals surface area contributed by atoms with Crippen LogP contribution >= 0.6 is 24.0 Å². The molecular formula is C19H34IN5O. The number of anilines is 1. The average Bonchev–Trinajstić information content (AvgIpc) is 2.56. The van der Waals surface area contributed by atoms with E-state index in [1.54, 1.807) is 0 Å². The molecule has 0 aliphatic carbocycles. The highest BCUT2D eigenvalue weighted by Gasteiger charge is 2.04. The number of rotatable bonds is 10. The van der Waals surface area contributed by atoms with Crippen LogP contribution in [0, 0.1) is 0 Å². The van der Waals surface area contributed by atoms with Gasteiger partial charge in [-0.25, -0.2) is 4.99 Å². The smallest absolute Gasteiger partial charge is 0.238 e. The lowest BCUT2D eigenvalue weighted by Crippen LogP contribution is -2.37. The van der Waals surface area contributed by atoms with E-state index in [0.717, 1.165) is 36.7 Å². The second-order valence-electron chi connectivity index (χ2n) is 6.32. The van der Waals surface area contributed by atoms with Gasteiger partial charge in [0, 0.05) is 18.8 Å². The van der Waals surface area contributed by atoms with Crippen LogP contribution in [0.15, 0.2) is 29.3 Å². The molecule has 1 aromatic rings. The number of unbranched alkanes of at least 4 members (excludes halogenated alkanes) is 2. The molecule has 0 fully saturated rings. The van der Waals surface area contributed by atoms with Gasteiger partial charge >= 0.3 is 0 Å². The third kappa shape index (κ3) is 11.3. The monoisotopic (exact) mass is 475 g/mol. The number of halogens is 1. The Kier molecular flexibility index (Phi) is 14.0. The Morgan fingerprint density at radius 3 is 2.58 bits per heavy atom. The molecule has 148 valence electrons. The molecule has 0 unspecified atom stereocenters. The summed E-state index contributed by atoms with van der Waals surface area (Å²) in [6, 6.07) is 7.83. The van der Waals surface area contributed by atoms with Crippen molar-refractivity contribution in [3.63, 3.8) is 0 Å². The van der Waals surface area contributed by atoms with Crippen LogP contribution < -0.4 is 16.0 Å². The Balaban J connectivity index is 0.00000625. The summed E-state index contributed by atoms with van der Waals surface area (Å²) in [5.74, 6) is 0.817. The molecule has 26 heavy (non-hydrogen) atoms. The molecule has 0 aliphatic rings. The first kappa shape index (κ1) is 24.7. The highest BCUT2D eigenvalue weighted by atomic mass is 127. The van der Waals surface area contributed by atoms with E-state index in [1.807, 2.05) is 43.3 Å². The quantitative estimate of drug-likeness (QED) is 0.211. The van der Waals surface area contributed by atoms with Crippen molar-refractivity contribution in [3.05, 3.63) is 29.8 Å². The van der Waals surface area contributed by atoms with E-state index in [4.69, 9.17) is 0 Å². The van der Waals surface area contributed by atoms with Crippen molar-refractivity contribution in [1.82, 2.24) is 15.5 Å². The van der Waals surface area contributed by atoms with Crippen molar-refractivity contribution in [2.24, 2.45) is 4.99 Å². The van der Waals surface area contributed by atoms with Crippen LogP contribution in [0.3, 0.4) is 0 Å². The number of carbonyl (C=O) groups is 1. The molecule has 3 N–H and O–H groups in total. The van der Waals surface area contributed by atoms with Gasteiger partial charge in [0.15, 0.2) is 5.96 Å². The number of hydrogen-bond acceptors (Lipinski definition) is 3. The maximum atomic E-state index is 11.9. The summed E-state index contributed by atoms with van der Waals surface area (Å²) < 4.78 is 0. The molecule has 6 nitrogen and oxygen atoms in total. The van der Waals surface area contributed by atoms with Gasteiger partial charge in [0.2, 0.25) is 5.91 Å². The number of benzene rings is 1. The van der Waals surface area contributed by atoms with Crippen LogP contribution in [0.25, 0.3) is 0 Å². The molecule has 0 spiro atoms. The number of hydrogen-bond donors (Lipinski definition) is 3. The number of aliphatic imine (C=N–C) groups is 1. The van der Waals surface area contributed by atoms with Gasteiger partial charge in [-0.15, -0.1) is 24.0 Å². The zero-order valence-corrected chi connectivity index (χ0v) is 18.8. The molecule has 0 heterocycles. The van der Waals surface area contributed by atoms with Crippen molar-refractivity contribution in [1.29, 1.82) is 0 Å². The van der Waals surface area contributed by atoms with Crippen LogP contribution in [0.1, 0.15) is 38.7 Å². The van der Waals surface area contributed by atoms with E-state index < -0.39 is 0 Å². The van der Waals surface area contributed by atoms with Gasteiger partial charge in [-0.3, -0.25) is 4.79 Å². The minimum atomic E-state index is -0.0171. The fourth-order valence-electron chi connectivity index (χ4n) is 2.33. The third-order valence-electron chi connectivity index (χ3n) is 3.51. The maximum Gasteiger partial charge on any atom is 0.238 e. The van der Waals surface area contributed by atoms with Gasteiger partial charge in [0.1, 0.15) is 0 Å². The molecule has 7 heteroatoms. The molecule has 0 saturated carbocycles. The van der Waals surface area contributed by atoms with E-state index >= 15 is 0 Å². The van der Waals surface area contributed by atoms with Gasteiger partial charge < -0.3 is 20.9 Å². The summed E-state index contributed by atoms with van der Waals surface area (Å²) >= 11 is 0. The predicted molar refractivity (Wildman–Crippen MR) is 121 cm³/mol. The maximum absolute atomic E-state index is 11.9. The third-order valence-corrected chi connectivity index (χ3v) is 3.51. The zero-order chi connectivity index (χ0) is 18.5. The van der Waals surface area contributed by atoms with Crippen molar-refractivity contribution in [2.75, 3.05) is 39.0 Å². The highest BCUT2D eigenvalue weighted by molar-refractivity contribution is 14.0. The molecule has 0 aromatic heterocycles. The zero-order valence-electron chi connectivity index (χ0n) is 16.5. The van der Waals surface area contributed by atoms with Gasteiger partial charge in [-0.05, 0) is 45.1 Å². The lowest BCUT2D eigenvalue weighted by atomic mass is 10.2. The summed E-state index contributed by atoms with van der Waals surface area (Å²) in [6.07, 6.45) is 3.58.